The van der Waals surface area contributed by atoms with E-state index in [1.165, 1.54) is 38.0 Å². The molecule has 0 spiro atoms. The van der Waals surface area contributed by atoms with Crippen molar-refractivity contribution in [2.75, 3.05) is 4.90 Å². The Morgan fingerprint density at radius 1 is 0.577 bits per heavy atom. The Morgan fingerprint density at radius 3 is 1.73 bits per heavy atom. The summed E-state index contributed by atoms with van der Waals surface area (Å²) >= 11 is 1.83. The molecule has 0 aliphatic carbocycles. The summed E-state index contributed by atoms with van der Waals surface area (Å²) in [6.45, 7) is 0. The highest BCUT2D eigenvalue weighted by Crippen LogP contribution is 2.51. The molecule has 4 aromatic rings. The normalized spacial score (nSPS) is 12.4. The van der Waals surface area contributed by atoms with Crippen LogP contribution in [0, 0.1) is 0 Å². The second-order valence-corrected chi connectivity index (χ2v) is 7.24. The van der Waals surface area contributed by atoms with Gasteiger partial charge in [0.2, 0.25) is 0 Å². The molecule has 0 radical (unpaired) electrons. The van der Waals surface area contributed by atoms with Crippen LogP contribution in [0.25, 0.3) is 11.1 Å². The summed E-state index contributed by atoms with van der Waals surface area (Å²) in [7, 11) is 0. The van der Waals surface area contributed by atoms with E-state index in [-0.39, 0.29) is 0 Å². The Bertz CT molecular complexity index is 1010. The second-order valence-electron chi connectivity index (χ2n) is 6.16. The molecule has 1 aliphatic heterocycles. The average Bonchev–Trinajstić information content (AvgIpc) is 2.73. The molecule has 5 rings (SSSR count). The molecule has 0 saturated heterocycles. The van der Waals surface area contributed by atoms with Crippen LogP contribution in [-0.4, -0.2) is 4.98 Å². The molecule has 2 nitrogen and oxygen atoms in total. The summed E-state index contributed by atoms with van der Waals surface area (Å²) in [5.74, 6) is 0. The molecule has 124 valence electrons. The van der Waals surface area contributed by atoms with Crippen LogP contribution in [0.5, 0.6) is 0 Å². The van der Waals surface area contributed by atoms with Gasteiger partial charge in [-0.15, -0.1) is 0 Å². The van der Waals surface area contributed by atoms with Gasteiger partial charge in [0.15, 0.2) is 0 Å². The summed E-state index contributed by atoms with van der Waals surface area (Å²) in [5, 5.41) is 0. The van der Waals surface area contributed by atoms with Crippen molar-refractivity contribution in [2.24, 2.45) is 0 Å². The van der Waals surface area contributed by atoms with E-state index in [9.17, 15) is 0 Å². The first kappa shape index (κ1) is 15.2. The monoisotopic (exact) mass is 352 g/mol. The Hall–Kier alpha value is -3.04. The number of rotatable bonds is 2. The van der Waals surface area contributed by atoms with Crippen molar-refractivity contribution in [2.45, 2.75) is 9.79 Å². The van der Waals surface area contributed by atoms with Crippen LogP contribution in [0.2, 0.25) is 0 Å². The van der Waals surface area contributed by atoms with Gasteiger partial charge in [-0.1, -0.05) is 48.2 Å². The minimum absolute atomic E-state index is 1.17. The third-order valence-corrected chi connectivity index (χ3v) is 5.70. The van der Waals surface area contributed by atoms with Gasteiger partial charge >= 0.3 is 0 Å². The zero-order valence-corrected chi connectivity index (χ0v) is 14.9. The molecule has 26 heavy (non-hydrogen) atoms. The van der Waals surface area contributed by atoms with Crippen molar-refractivity contribution in [1.29, 1.82) is 0 Å². The first-order valence-corrected chi connectivity index (χ1v) is 9.38. The van der Waals surface area contributed by atoms with Crippen LogP contribution in [-0.2, 0) is 0 Å². The first-order chi connectivity index (χ1) is 12.9. The van der Waals surface area contributed by atoms with Gasteiger partial charge in [-0.05, 0) is 59.7 Å². The lowest BCUT2D eigenvalue weighted by Gasteiger charge is -2.32. The maximum Gasteiger partial charge on any atom is 0.0601 e. The average molecular weight is 352 g/mol. The van der Waals surface area contributed by atoms with Crippen molar-refractivity contribution < 1.29 is 0 Å². The van der Waals surface area contributed by atoms with Crippen molar-refractivity contribution in [3.8, 4) is 11.1 Å². The van der Waals surface area contributed by atoms with Crippen LogP contribution in [0.15, 0.2) is 107 Å². The fourth-order valence-electron chi connectivity index (χ4n) is 3.33. The molecule has 0 amide bonds. The molecule has 3 heteroatoms. The zero-order valence-electron chi connectivity index (χ0n) is 14.0. The second kappa shape index (κ2) is 6.36. The summed E-state index contributed by atoms with van der Waals surface area (Å²) in [6.07, 6.45) is 3.66. The summed E-state index contributed by atoms with van der Waals surface area (Å²) in [6, 6.07) is 30.0. The molecule has 2 heterocycles. The molecule has 0 atom stereocenters. The molecular weight excluding hydrogens is 336 g/mol. The van der Waals surface area contributed by atoms with E-state index >= 15 is 0 Å². The summed E-state index contributed by atoms with van der Waals surface area (Å²) < 4.78 is 0. The van der Waals surface area contributed by atoms with Crippen LogP contribution in [0.4, 0.5) is 17.1 Å². The Balaban J connectivity index is 1.62. The predicted octanol–water partition coefficient (Wildman–Crippen LogP) is 6.68. The van der Waals surface area contributed by atoms with Crippen LogP contribution < -0.4 is 4.90 Å². The number of hydrogen-bond acceptors (Lipinski definition) is 3. The number of pyridine rings is 1. The lowest BCUT2D eigenvalue weighted by molar-refractivity contribution is 1.17. The fourth-order valence-corrected chi connectivity index (χ4v) is 4.39. The van der Waals surface area contributed by atoms with Gasteiger partial charge in [0, 0.05) is 27.9 Å². The van der Waals surface area contributed by atoms with Gasteiger partial charge in [-0.25, -0.2) is 0 Å². The molecule has 1 aromatic heterocycles. The number of aromatic nitrogens is 1. The van der Waals surface area contributed by atoms with E-state index in [2.05, 4.69) is 82.7 Å². The molecule has 0 unspecified atom stereocenters. The van der Waals surface area contributed by atoms with Crippen LogP contribution in [0.3, 0.4) is 0 Å². The standard InChI is InChI=1S/C23H16N2S/c1-3-7-22-20(5-1)25(21-6-2-4-8-23(21)26-22)19-11-9-17(10-12-19)18-13-15-24-16-14-18/h1-16H. The largest absolute Gasteiger partial charge is 0.308 e. The molecule has 3 aromatic carbocycles. The Labute approximate surface area is 157 Å². The molecule has 0 saturated carbocycles. The highest BCUT2D eigenvalue weighted by Gasteiger charge is 2.23. The maximum absolute atomic E-state index is 4.10. The number of benzene rings is 3. The van der Waals surface area contributed by atoms with Gasteiger partial charge in [-0.3, -0.25) is 4.98 Å². The maximum atomic E-state index is 4.10. The minimum Gasteiger partial charge on any atom is -0.308 e. The van der Waals surface area contributed by atoms with E-state index < -0.39 is 0 Å². The number of para-hydroxylation sites is 2. The smallest absolute Gasteiger partial charge is 0.0601 e. The van der Waals surface area contributed by atoms with Gasteiger partial charge in [0.05, 0.1) is 11.4 Å². The topological polar surface area (TPSA) is 16.1 Å². The predicted molar refractivity (Wildman–Crippen MR) is 108 cm³/mol. The van der Waals surface area contributed by atoms with E-state index in [1.807, 2.05) is 36.3 Å². The number of nitrogens with zero attached hydrogens (tertiary/aromatic N) is 2. The van der Waals surface area contributed by atoms with E-state index in [4.69, 9.17) is 0 Å². The van der Waals surface area contributed by atoms with Crippen LogP contribution in [0.1, 0.15) is 0 Å². The Morgan fingerprint density at radius 2 is 1.12 bits per heavy atom. The highest BCUT2D eigenvalue weighted by atomic mass is 32.2. The lowest BCUT2D eigenvalue weighted by Crippen LogP contribution is -2.14. The van der Waals surface area contributed by atoms with E-state index in [0.29, 0.717) is 0 Å². The molecule has 0 N–H and O–H groups in total. The van der Waals surface area contributed by atoms with E-state index in [1.54, 1.807) is 0 Å². The number of hydrogen-bond donors (Lipinski definition) is 0. The molecule has 1 aliphatic rings. The van der Waals surface area contributed by atoms with Crippen molar-refractivity contribution in [1.82, 2.24) is 4.98 Å². The van der Waals surface area contributed by atoms with Gasteiger partial charge in [0.1, 0.15) is 0 Å². The number of anilines is 3. The van der Waals surface area contributed by atoms with Crippen molar-refractivity contribution in [3.05, 3.63) is 97.3 Å². The zero-order chi connectivity index (χ0) is 17.3. The summed E-state index contributed by atoms with van der Waals surface area (Å²) in [5.41, 5.74) is 6.01. The SMILES string of the molecule is c1ccc2c(c1)Sc1ccccc1N2c1ccc(-c2ccncc2)cc1. The quantitative estimate of drug-likeness (QED) is 0.352. The molecule has 0 fully saturated rings. The van der Waals surface area contributed by atoms with Gasteiger partial charge in [0.25, 0.3) is 0 Å². The summed E-state index contributed by atoms with van der Waals surface area (Å²) in [4.78, 5) is 9.01. The van der Waals surface area contributed by atoms with Gasteiger partial charge in [-0.2, -0.15) is 0 Å². The number of fused-ring (bicyclic) bond motifs is 2. The minimum atomic E-state index is 1.17. The van der Waals surface area contributed by atoms with Gasteiger partial charge < -0.3 is 4.90 Å². The Kier molecular flexibility index (Phi) is 3.72. The van der Waals surface area contributed by atoms with Crippen molar-refractivity contribution in [3.63, 3.8) is 0 Å². The third-order valence-electron chi connectivity index (χ3n) is 4.57. The van der Waals surface area contributed by atoms with Crippen LogP contribution >= 0.6 is 11.8 Å². The third kappa shape index (κ3) is 2.57. The molecular formula is C23H16N2S. The van der Waals surface area contributed by atoms with Crippen molar-refractivity contribution >= 4 is 28.8 Å². The highest BCUT2D eigenvalue weighted by molar-refractivity contribution is 7.99. The molecule has 0 bridgehead atoms. The lowest BCUT2D eigenvalue weighted by atomic mass is 10.1. The fraction of sp³-hybridized carbons (Fsp3) is 0. The van der Waals surface area contributed by atoms with E-state index in [0.717, 1.165) is 0 Å². The first-order valence-electron chi connectivity index (χ1n) is 8.57.